The maximum atomic E-state index is 12.1. The minimum atomic E-state index is -0.575. The van der Waals surface area contributed by atoms with Crippen LogP contribution in [-0.2, 0) is 5.54 Å². The van der Waals surface area contributed by atoms with E-state index in [1.165, 1.54) is 0 Å². The predicted molar refractivity (Wildman–Crippen MR) is 74.3 cm³/mol. The van der Waals surface area contributed by atoms with Crippen LogP contribution in [0.4, 0.5) is 5.82 Å². The molecule has 0 saturated carbocycles. The fraction of sp³-hybridized carbons (Fsp3) is 0.308. The minimum absolute atomic E-state index is 0.0769. The van der Waals surface area contributed by atoms with Crippen molar-refractivity contribution < 1.29 is 9.53 Å². The number of nitrogens with one attached hydrogen (secondary N) is 2. The van der Waals surface area contributed by atoms with Crippen LogP contribution in [0.1, 0.15) is 29.9 Å². The van der Waals surface area contributed by atoms with Crippen LogP contribution < -0.4 is 15.8 Å². The number of H-pyrrole nitrogens is 1. The maximum absolute atomic E-state index is 12.1. The molecular formula is C13H17N5O2. The maximum Gasteiger partial charge on any atom is 0.276 e. The van der Waals surface area contributed by atoms with Gasteiger partial charge in [0.1, 0.15) is 5.75 Å². The first-order chi connectivity index (χ1) is 9.44. The normalized spacial score (nSPS) is 11.2. The summed E-state index contributed by atoms with van der Waals surface area (Å²) in [4.78, 5) is 12.1. The summed E-state index contributed by atoms with van der Waals surface area (Å²) in [6, 6.07) is 7.47. The predicted octanol–water partition coefficient (Wildman–Crippen LogP) is 1.06. The average Bonchev–Trinajstić information content (AvgIpc) is 2.84. The number of rotatable bonds is 4. The summed E-state index contributed by atoms with van der Waals surface area (Å²) in [6.07, 6.45) is 0. The third-order valence-electron chi connectivity index (χ3n) is 3.03. The third-order valence-corrected chi connectivity index (χ3v) is 3.03. The molecular weight excluding hydrogens is 258 g/mol. The number of carbonyl (C=O) groups is 1. The van der Waals surface area contributed by atoms with Crippen molar-refractivity contribution in [3.63, 3.8) is 0 Å². The van der Waals surface area contributed by atoms with Crippen molar-refractivity contribution in [2.75, 3.05) is 12.8 Å². The van der Waals surface area contributed by atoms with Crippen LogP contribution in [0.3, 0.4) is 0 Å². The van der Waals surface area contributed by atoms with E-state index in [0.717, 1.165) is 11.3 Å². The highest BCUT2D eigenvalue weighted by Gasteiger charge is 2.25. The number of nitrogens with zero attached hydrogens (tertiary/aromatic N) is 2. The van der Waals surface area contributed by atoms with Gasteiger partial charge in [0.05, 0.1) is 12.6 Å². The number of aromatic nitrogens is 3. The second-order valence-electron chi connectivity index (χ2n) is 4.87. The minimum Gasteiger partial charge on any atom is -0.497 e. The smallest absolute Gasteiger partial charge is 0.276 e. The van der Waals surface area contributed by atoms with Crippen LogP contribution in [0, 0.1) is 0 Å². The second-order valence-corrected chi connectivity index (χ2v) is 4.87. The number of nitrogens with two attached hydrogens (primary N) is 1. The molecule has 1 heterocycles. The van der Waals surface area contributed by atoms with E-state index >= 15 is 0 Å². The SMILES string of the molecule is COc1ccc(C(C)(C)NC(=O)c2n[nH]nc2N)cc1. The quantitative estimate of drug-likeness (QED) is 0.773. The number of amides is 1. The number of methoxy groups -OCH3 is 1. The molecule has 20 heavy (non-hydrogen) atoms. The molecule has 2 rings (SSSR count). The van der Waals surface area contributed by atoms with Gasteiger partial charge in [-0.25, -0.2) is 0 Å². The topological polar surface area (TPSA) is 106 Å². The van der Waals surface area contributed by atoms with Crippen molar-refractivity contribution in [1.82, 2.24) is 20.7 Å². The molecule has 0 aliphatic rings. The van der Waals surface area contributed by atoms with Crippen molar-refractivity contribution >= 4 is 11.7 Å². The van der Waals surface area contributed by atoms with Crippen molar-refractivity contribution in [3.05, 3.63) is 35.5 Å². The summed E-state index contributed by atoms with van der Waals surface area (Å²) in [5.74, 6) is 0.460. The van der Waals surface area contributed by atoms with Crippen molar-refractivity contribution in [2.45, 2.75) is 19.4 Å². The Hall–Kier alpha value is -2.57. The molecule has 0 bridgehead atoms. The number of carbonyl (C=O) groups excluding carboxylic acids is 1. The standard InChI is InChI=1S/C13H17N5O2/c1-13(2,8-4-6-9(20-3)7-5-8)15-12(19)10-11(14)17-18-16-10/h4-7H,1-3H3,(H,15,19)(H3,14,16,17,18). The molecule has 0 atom stereocenters. The van der Waals surface area contributed by atoms with E-state index < -0.39 is 5.54 Å². The zero-order chi connectivity index (χ0) is 14.8. The zero-order valence-corrected chi connectivity index (χ0v) is 11.6. The summed E-state index contributed by atoms with van der Waals surface area (Å²) in [5, 5.41) is 12.5. The van der Waals surface area contributed by atoms with Gasteiger partial charge < -0.3 is 15.8 Å². The van der Waals surface area contributed by atoms with Gasteiger partial charge in [-0.3, -0.25) is 4.79 Å². The molecule has 0 saturated heterocycles. The second kappa shape index (κ2) is 5.20. The van der Waals surface area contributed by atoms with Crippen LogP contribution in [0.15, 0.2) is 24.3 Å². The lowest BCUT2D eigenvalue weighted by molar-refractivity contribution is 0.0908. The monoisotopic (exact) mass is 275 g/mol. The fourth-order valence-electron chi connectivity index (χ4n) is 1.83. The number of anilines is 1. The summed E-state index contributed by atoms with van der Waals surface area (Å²) in [6.45, 7) is 3.78. The molecule has 0 fully saturated rings. The van der Waals surface area contributed by atoms with Gasteiger partial charge in [-0.05, 0) is 31.5 Å². The van der Waals surface area contributed by atoms with Crippen molar-refractivity contribution in [1.29, 1.82) is 0 Å². The molecule has 106 valence electrons. The number of hydrogen-bond acceptors (Lipinski definition) is 5. The Morgan fingerprint density at radius 1 is 1.30 bits per heavy atom. The van der Waals surface area contributed by atoms with Gasteiger partial charge in [-0.1, -0.05) is 12.1 Å². The Morgan fingerprint density at radius 2 is 1.95 bits per heavy atom. The highest BCUT2D eigenvalue weighted by molar-refractivity contribution is 5.96. The number of hydrogen-bond donors (Lipinski definition) is 3. The molecule has 0 spiro atoms. The van der Waals surface area contributed by atoms with Gasteiger partial charge in [0.2, 0.25) is 0 Å². The zero-order valence-electron chi connectivity index (χ0n) is 11.6. The van der Waals surface area contributed by atoms with E-state index in [1.807, 2.05) is 38.1 Å². The molecule has 1 amide bonds. The molecule has 1 aromatic heterocycles. The molecule has 7 heteroatoms. The van der Waals surface area contributed by atoms with Gasteiger partial charge in [0.15, 0.2) is 11.5 Å². The van der Waals surface area contributed by atoms with Crippen molar-refractivity contribution in [3.8, 4) is 5.75 Å². The van der Waals surface area contributed by atoms with Crippen LogP contribution >= 0.6 is 0 Å². The van der Waals surface area contributed by atoms with E-state index in [4.69, 9.17) is 10.5 Å². The highest BCUT2D eigenvalue weighted by atomic mass is 16.5. The Kier molecular flexibility index (Phi) is 3.60. The highest BCUT2D eigenvalue weighted by Crippen LogP contribution is 2.23. The Bertz CT molecular complexity index is 603. The molecule has 0 unspecified atom stereocenters. The van der Waals surface area contributed by atoms with E-state index in [2.05, 4.69) is 20.7 Å². The van der Waals surface area contributed by atoms with E-state index in [1.54, 1.807) is 7.11 Å². The van der Waals surface area contributed by atoms with Gasteiger partial charge in [0, 0.05) is 0 Å². The Labute approximate surface area is 116 Å². The molecule has 0 aliphatic carbocycles. The molecule has 0 aliphatic heterocycles. The van der Waals surface area contributed by atoms with Crippen molar-refractivity contribution in [2.24, 2.45) is 0 Å². The van der Waals surface area contributed by atoms with Crippen LogP contribution in [0.5, 0.6) is 5.75 Å². The van der Waals surface area contributed by atoms with E-state index in [9.17, 15) is 4.79 Å². The van der Waals surface area contributed by atoms with Gasteiger partial charge in [0.25, 0.3) is 5.91 Å². The lowest BCUT2D eigenvalue weighted by atomic mass is 9.94. The van der Waals surface area contributed by atoms with Crippen LogP contribution in [0.2, 0.25) is 0 Å². The van der Waals surface area contributed by atoms with Gasteiger partial charge >= 0.3 is 0 Å². The average molecular weight is 275 g/mol. The molecule has 1 aromatic carbocycles. The summed E-state index contributed by atoms with van der Waals surface area (Å²) < 4.78 is 5.11. The Morgan fingerprint density at radius 3 is 2.45 bits per heavy atom. The van der Waals surface area contributed by atoms with E-state index in [0.29, 0.717) is 0 Å². The first kappa shape index (κ1) is 13.9. The lowest BCUT2D eigenvalue weighted by Crippen LogP contribution is -2.41. The molecule has 4 N–H and O–H groups in total. The van der Waals surface area contributed by atoms with Gasteiger partial charge in [-0.15, -0.1) is 10.2 Å². The lowest BCUT2D eigenvalue weighted by Gasteiger charge is -2.26. The number of aromatic amines is 1. The van der Waals surface area contributed by atoms with E-state index in [-0.39, 0.29) is 17.4 Å². The molecule has 0 radical (unpaired) electrons. The number of benzene rings is 1. The largest absolute Gasteiger partial charge is 0.497 e. The Balaban J connectivity index is 2.17. The number of nitrogen functional groups attached to an aromatic ring is 1. The summed E-state index contributed by atoms with van der Waals surface area (Å²) >= 11 is 0. The first-order valence-corrected chi connectivity index (χ1v) is 6.07. The molecule has 2 aromatic rings. The summed E-state index contributed by atoms with van der Waals surface area (Å²) in [5.41, 5.74) is 6.01. The molecule has 7 nitrogen and oxygen atoms in total. The van der Waals surface area contributed by atoms with Crippen LogP contribution in [0.25, 0.3) is 0 Å². The summed E-state index contributed by atoms with van der Waals surface area (Å²) in [7, 11) is 1.61. The third kappa shape index (κ3) is 2.71. The van der Waals surface area contributed by atoms with Gasteiger partial charge in [-0.2, -0.15) is 5.21 Å². The van der Waals surface area contributed by atoms with Crippen LogP contribution in [-0.4, -0.2) is 28.4 Å². The first-order valence-electron chi connectivity index (χ1n) is 6.07. The number of ether oxygens (including phenoxy) is 1. The fourth-order valence-corrected chi connectivity index (χ4v) is 1.83.